The van der Waals surface area contributed by atoms with Crippen molar-refractivity contribution in [3.8, 4) is 11.5 Å². The summed E-state index contributed by atoms with van der Waals surface area (Å²) in [6.45, 7) is 1.84. The third-order valence-electron chi connectivity index (χ3n) is 6.47. The summed E-state index contributed by atoms with van der Waals surface area (Å²) < 4.78 is 10.9. The van der Waals surface area contributed by atoms with Gasteiger partial charge in [0.2, 0.25) is 0 Å². The minimum atomic E-state index is 0.103. The molecule has 150 valence electrons. The summed E-state index contributed by atoms with van der Waals surface area (Å²) >= 11 is 0. The molecule has 1 aromatic heterocycles. The largest absolute Gasteiger partial charge is 0.497 e. The molecule has 28 heavy (non-hydrogen) atoms. The molecule has 4 rings (SSSR count). The average Bonchev–Trinajstić information content (AvgIpc) is 3.59. The van der Waals surface area contributed by atoms with Crippen molar-refractivity contribution in [2.75, 3.05) is 20.8 Å². The molecule has 0 radical (unpaired) electrons. The molecule has 1 N–H and O–H groups in total. The topological polar surface area (TPSA) is 43.4 Å². The Labute approximate surface area is 168 Å². The monoisotopic (exact) mass is 380 g/mol. The van der Waals surface area contributed by atoms with Crippen LogP contribution in [0.4, 0.5) is 0 Å². The molecule has 0 spiro atoms. The highest BCUT2D eigenvalue weighted by molar-refractivity contribution is 5.39. The summed E-state index contributed by atoms with van der Waals surface area (Å²) in [5, 5.41) is 3.79. The van der Waals surface area contributed by atoms with Gasteiger partial charge in [-0.1, -0.05) is 25.3 Å². The Bertz CT molecular complexity index is 795. The van der Waals surface area contributed by atoms with Crippen molar-refractivity contribution < 1.29 is 9.47 Å². The summed E-state index contributed by atoms with van der Waals surface area (Å²) in [5.41, 5.74) is 4.15. The number of nitrogens with one attached hydrogen (secondary N) is 1. The molecule has 0 amide bonds. The van der Waals surface area contributed by atoms with E-state index in [1.807, 2.05) is 12.3 Å². The van der Waals surface area contributed by atoms with Crippen LogP contribution in [0.2, 0.25) is 0 Å². The zero-order valence-electron chi connectivity index (χ0n) is 17.2. The predicted octanol–water partition coefficient (Wildman–Crippen LogP) is 4.97. The van der Waals surface area contributed by atoms with Crippen molar-refractivity contribution in [2.24, 2.45) is 0 Å². The van der Waals surface area contributed by atoms with Gasteiger partial charge < -0.3 is 14.8 Å². The van der Waals surface area contributed by atoms with E-state index in [1.165, 1.54) is 61.8 Å². The summed E-state index contributed by atoms with van der Waals surface area (Å²) in [5.74, 6) is 2.59. The average molecular weight is 381 g/mol. The lowest BCUT2D eigenvalue weighted by atomic mass is 9.71. The Morgan fingerprint density at radius 2 is 1.75 bits per heavy atom. The third-order valence-corrected chi connectivity index (χ3v) is 6.47. The van der Waals surface area contributed by atoms with Gasteiger partial charge in [0.25, 0.3) is 0 Å². The molecule has 0 bridgehead atoms. The second-order valence-corrected chi connectivity index (χ2v) is 8.36. The van der Waals surface area contributed by atoms with Crippen molar-refractivity contribution >= 4 is 0 Å². The van der Waals surface area contributed by atoms with Crippen molar-refractivity contribution in [1.82, 2.24) is 10.3 Å². The van der Waals surface area contributed by atoms with Crippen LogP contribution in [0.25, 0.3) is 0 Å². The summed E-state index contributed by atoms with van der Waals surface area (Å²) in [7, 11) is 3.47. The highest BCUT2D eigenvalue weighted by Crippen LogP contribution is 2.43. The predicted molar refractivity (Wildman–Crippen MR) is 112 cm³/mol. The molecule has 4 heteroatoms. The Balaban J connectivity index is 1.51. The first-order valence-electron chi connectivity index (χ1n) is 10.6. The maximum Gasteiger partial charge on any atom is 0.122 e. The van der Waals surface area contributed by atoms with Gasteiger partial charge in [0.1, 0.15) is 11.5 Å². The number of hydrogen-bond acceptors (Lipinski definition) is 4. The van der Waals surface area contributed by atoms with Gasteiger partial charge in [-0.3, -0.25) is 4.98 Å². The number of aromatic nitrogens is 1. The van der Waals surface area contributed by atoms with Gasteiger partial charge in [0, 0.05) is 30.8 Å². The number of nitrogens with zero attached hydrogens (tertiary/aromatic N) is 1. The van der Waals surface area contributed by atoms with Crippen LogP contribution in [-0.4, -0.2) is 25.7 Å². The maximum absolute atomic E-state index is 5.47. The van der Waals surface area contributed by atoms with E-state index in [0.29, 0.717) is 0 Å². The lowest BCUT2D eigenvalue weighted by Gasteiger charge is -2.37. The van der Waals surface area contributed by atoms with Crippen LogP contribution < -0.4 is 14.8 Å². The smallest absolute Gasteiger partial charge is 0.122 e. The zero-order chi connectivity index (χ0) is 19.4. The number of pyridine rings is 1. The van der Waals surface area contributed by atoms with Crippen molar-refractivity contribution in [1.29, 1.82) is 0 Å². The van der Waals surface area contributed by atoms with Gasteiger partial charge in [-0.25, -0.2) is 0 Å². The summed E-state index contributed by atoms with van der Waals surface area (Å²) in [4.78, 5) is 4.75. The molecule has 0 aliphatic heterocycles. The van der Waals surface area contributed by atoms with Crippen LogP contribution in [0.15, 0.2) is 36.5 Å². The number of hydrogen-bond donors (Lipinski definition) is 1. The molecule has 4 nitrogen and oxygen atoms in total. The van der Waals surface area contributed by atoms with Gasteiger partial charge in [0.05, 0.1) is 19.9 Å². The molecule has 2 aromatic rings. The van der Waals surface area contributed by atoms with Gasteiger partial charge in [0.15, 0.2) is 0 Å². The molecule has 0 unspecified atom stereocenters. The van der Waals surface area contributed by atoms with E-state index >= 15 is 0 Å². The quantitative estimate of drug-likeness (QED) is 0.702. The Morgan fingerprint density at radius 3 is 2.46 bits per heavy atom. The van der Waals surface area contributed by atoms with Crippen molar-refractivity contribution in [3.05, 3.63) is 53.3 Å². The van der Waals surface area contributed by atoms with E-state index in [1.54, 1.807) is 14.2 Å². The fourth-order valence-corrected chi connectivity index (χ4v) is 4.67. The molecule has 0 saturated heterocycles. The van der Waals surface area contributed by atoms with Crippen molar-refractivity contribution in [3.63, 3.8) is 0 Å². The molecule has 2 saturated carbocycles. The van der Waals surface area contributed by atoms with Gasteiger partial charge in [-0.15, -0.1) is 0 Å². The number of rotatable bonds is 8. The maximum atomic E-state index is 5.47. The molecule has 2 aliphatic carbocycles. The van der Waals surface area contributed by atoms with Gasteiger partial charge >= 0.3 is 0 Å². The zero-order valence-corrected chi connectivity index (χ0v) is 17.2. The summed E-state index contributed by atoms with van der Waals surface area (Å²) in [6.07, 6.45) is 10.8. The lowest BCUT2D eigenvalue weighted by molar-refractivity contribution is 0.271. The fourth-order valence-electron chi connectivity index (χ4n) is 4.67. The first kappa shape index (κ1) is 19.3. The first-order valence-corrected chi connectivity index (χ1v) is 10.6. The lowest BCUT2D eigenvalue weighted by Crippen LogP contribution is -2.40. The SMILES string of the molecule is COc1ccnc(C2(CNCc3cc(OC)ccc3C3CC3)CCCCC2)c1. The third kappa shape index (κ3) is 4.17. The Kier molecular flexibility index (Phi) is 5.86. The molecule has 2 aliphatic rings. The van der Waals surface area contributed by atoms with E-state index in [0.717, 1.165) is 30.5 Å². The highest BCUT2D eigenvalue weighted by atomic mass is 16.5. The molecule has 1 heterocycles. The molecular weight excluding hydrogens is 348 g/mol. The number of benzene rings is 1. The molecule has 2 fully saturated rings. The molecule has 0 atom stereocenters. The van der Waals surface area contributed by atoms with Crippen LogP contribution >= 0.6 is 0 Å². The normalized spacial score (nSPS) is 18.6. The van der Waals surface area contributed by atoms with Crippen LogP contribution in [0, 0.1) is 0 Å². The summed E-state index contributed by atoms with van der Waals surface area (Å²) in [6, 6.07) is 10.6. The second-order valence-electron chi connectivity index (χ2n) is 8.36. The van der Waals surface area contributed by atoms with Gasteiger partial charge in [-0.2, -0.15) is 0 Å². The van der Waals surface area contributed by atoms with Crippen LogP contribution in [-0.2, 0) is 12.0 Å². The molecule has 1 aromatic carbocycles. The fraction of sp³-hybridized carbons (Fsp3) is 0.542. The number of ether oxygens (including phenoxy) is 2. The van der Waals surface area contributed by atoms with E-state index in [4.69, 9.17) is 14.5 Å². The minimum Gasteiger partial charge on any atom is -0.497 e. The Morgan fingerprint density at radius 1 is 1.00 bits per heavy atom. The van der Waals surface area contributed by atoms with E-state index < -0.39 is 0 Å². The van der Waals surface area contributed by atoms with Gasteiger partial charge in [-0.05, 0) is 60.9 Å². The standard InChI is InChI=1S/C24H32N2O2/c1-27-20-8-9-22(18-6-7-18)19(14-20)16-25-17-24(11-4-3-5-12-24)23-15-21(28-2)10-13-26-23/h8-10,13-15,18,25H,3-7,11-12,16-17H2,1-2H3. The molecular formula is C24H32N2O2. The van der Waals surface area contributed by atoms with E-state index in [9.17, 15) is 0 Å². The Hall–Kier alpha value is -2.07. The number of methoxy groups -OCH3 is 2. The minimum absolute atomic E-state index is 0.103. The van der Waals surface area contributed by atoms with Crippen LogP contribution in [0.1, 0.15) is 67.7 Å². The van der Waals surface area contributed by atoms with E-state index in [2.05, 4.69) is 29.6 Å². The van der Waals surface area contributed by atoms with Crippen LogP contribution in [0.5, 0.6) is 11.5 Å². The second kappa shape index (κ2) is 8.52. The van der Waals surface area contributed by atoms with Crippen molar-refractivity contribution in [2.45, 2.75) is 62.8 Å². The highest BCUT2D eigenvalue weighted by Gasteiger charge is 2.35. The van der Waals surface area contributed by atoms with Crippen LogP contribution in [0.3, 0.4) is 0 Å². The van der Waals surface area contributed by atoms with E-state index in [-0.39, 0.29) is 5.41 Å². The first-order chi connectivity index (χ1) is 13.7.